The highest BCUT2D eigenvalue weighted by Gasteiger charge is 2.34. The van der Waals surface area contributed by atoms with Crippen LogP contribution >= 0.6 is 31.9 Å². The number of halogens is 2. The number of amides is 1. The molecule has 1 rings (SSSR count). The van der Waals surface area contributed by atoms with Gasteiger partial charge in [0.15, 0.2) is 0 Å². The van der Waals surface area contributed by atoms with Gasteiger partial charge in [-0.2, -0.15) is 0 Å². The molecule has 4 heteroatoms. The van der Waals surface area contributed by atoms with Gasteiger partial charge in [-0.05, 0) is 43.9 Å². The van der Waals surface area contributed by atoms with E-state index in [9.17, 15) is 4.79 Å². The summed E-state index contributed by atoms with van der Waals surface area (Å²) < 4.78 is 0. The van der Waals surface area contributed by atoms with Gasteiger partial charge in [-0.1, -0.05) is 52.6 Å². The molecule has 1 aliphatic rings. The largest absolute Gasteiger partial charge is 0.349 e. The summed E-state index contributed by atoms with van der Waals surface area (Å²) in [4.78, 5) is 12.3. The average Bonchev–Trinajstić information content (AvgIpc) is 2.37. The van der Waals surface area contributed by atoms with Crippen LogP contribution in [0.5, 0.6) is 0 Å². The minimum Gasteiger partial charge on any atom is -0.349 e. The van der Waals surface area contributed by atoms with Gasteiger partial charge in [-0.15, -0.1) is 0 Å². The number of carbonyl (C=O) groups is 1. The predicted molar refractivity (Wildman–Crippen MR) is 89.0 cm³/mol. The van der Waals surface area contributed by atoms with Crippen LogP contribution in [0.2, 0.25) is 0 Å². The van der Waals surface area contributed by atoms with Crippen molar-refractivity contribution in [2.75, 3.05) is 10.7 Å². The second kappa shape index (κ2) is 6.93. The SMILES string of the molecule is CC(CBr)(CBr)NC(=O)C1CCC(C(C)(C)C)CC1. The van der Waals surface area contributed by atoms with Crippen molar-refractivity contribution in [2.45, 2.75) is 58.9 Å². The fraction of sp³-hybridized carbons (Fsp3) is 0.933. The number of nitrogens with one attached hydrogen (secondary N) is 1. The summed E-state index contributed by atoms with van der Waals surface area (Å²) in [6.45, 7) is 9.00. The summed E-state index contributed by atoms with van der Waals surface area (Å²) in [5.74, 6) is 1.19. The van der Waals surface area contributed by atoms with Crippen molar-refractivity contribution >= 4 is 37.8 Å². The van der Waals surface area contributed by atoms with E-state index in [2.05, 4.69) is 64.9 Å². The van der Waals surface area contributed by atoms with E-state index in [-0.39, 0.29) is 17.4 Å². The molecule has 0 unspecified atom stereocenters. The Morgan fingerprint density at radius 3 is 1.89 bits per heavy atom. The summed E-state index contributed by atoms with van der Waals surface area (Å²) in [6.07, 6.45) is 4.44. The Bertz CT molecular complexity index is 300. The predicted octanol–water partition coefficient (Wildman–Crippen LogP) is 4.50. The summed E-state index contributed by atoms with van der Waals surface area (Å²) in [6, 6.07) is 0. The molecular weight excluding hydrogens is 370 g/mol. The molecule has 0 saturated heterocycles. The molecule has 0 aromatic rings. The van der Waals surface area contributed by atoms with Crippen LogP contribution in [-0.2, 0) is 4.79 Å². The molecule has 1 fully saturated rings. The zero-order valence-corrected chi connectivity index (χ0v) is 15.7. The molecule has 0 aromatic carbocycles. The second-order valence-electron chi connectivity index (χ2n) is 7.23. The fourth-order valence-electron chi connectivity index (χ4n) is 2.72. The summed E-state index contributed by atoms with van der Waals surface area (Å²) in [7, 11) is 0. The first-order valence-electron chi connectivity index (χ1n) is 7.16. The summed E-state index contributed by atoms with van der Waals surface area (Å²) >= 11 is 6.95. The maximum absolute atomic E-state index is 12.3. The van der Waals surface area contributed by atoms with Gasteiger partial charge in [0, 0.05) is 16.6 Å². The third-order valence-electron chi connectivity index (χ3n) is 4.34. The maximum atomic E-state index is 12.3. The Labute approximate surface area is 134 Å². The van der Waals surface area contributed by atoms with E-state index in [0.29, 0.717) is 5.41 Å². The summed E-state index contributed by atoms with van der Waals surface area (Å²) in [5, 5.41) is 4.73. The summed E-state index contributed by atoms with van der Waals surface area (Å²) in [5.41, 5.74) is 0.194. The third-order valence-corrected chi connectivity index (χ3v) is 6.81. The topological polar surface area (TPSA) is 29.1 Å². The minimum absolute atomic E-state index is 0.183. The first kappa shape index (κ1) is 17.5. The molecule has 1 aliphatic carbocycles. The third kappa shape index (κ3) is 5.04. The molecule has 1 amide bonds. The number of hydrogen-bond donors (Lipinski definition) is 1. The zero-order valence-electron chi connectivity index (χ0n) is 12.6. The minimum atomic E-state index is -0.183. The van der Waals surface area contributed by atoms with E-state index in [0.717, 1.165) is 29.4 Å². The Hall–Kier alpha value is 0.430. The van der Waals surface area contributed by atoms with Crippen LogP contribution in [0.4, 0.5) is 0 Å². The first-order valence-corrected chi connectivity index (χ1v) is 9.40. The van der Waals surface area contributed by atoms with Gasteiger partial charge < -0.3 is 5.32 Å². The Morgan fingerprint density at radius 2 is 1.53 bits per heavy atom. The van der Waals surface area contributed by atoms with Gasteiger partial charge in [-0.25, -0.2) is 0 Å². The van der Waals surface area contributed by atoms with Crippen molar-refractivity contribution in [3.8, 4) is 0 Å². The molecule has 2 nitrogen and oxygen atoms in total. The van der Waals surface area contributed by atoms with E-state index < -0.39 is 0 Å². The van der Waals surface area contributed by atoms with Crippen molar-refractivity contribution in [3.05, 3.63) is 0 Å². The lowest BCUT2D eigenvalue weighted by Crippen LogP contribution is -2.51. The van der Waals surface area contributed by atoms with Gasteiger partial charge in [0.05, 0.1) is 5.54 Å². The van der Waals surface area contributed by atoms with Gasteiger partial charge in [0.1, 0.15) is 0 Å². The van der Waals surface area contributed by atoms with Crippen molar-refractivity contribution in [3.63, 3.8) is 0 Å². The fourth-order valence-corrected chi connectivity index (χ4v) is 3.93. The molecule has 0 aromatic heterocycles. The molecule has 112 valence electrons. The van der Waals surface area contributed by atoms with Crippen LogP contribution in [0.25, 0.3) is 0 Å². The zero-order chi connectivity index (χ0) is 14.7. The molecule has 1 saturated carbocycles. The highest BCUT2D eigenvalue weighted by molar-refractivity contribution is 9.09. The van der Waals surface area contributed by atoms with Gasteiger partial charge in [-0.3, -0.25) is 4.79 Å². The Balaban J connectivity index is 2.50. The van der Waals surface area contributed by atoms with E-state index >= 15 is 0 Å². The van der Waals surface area contributed by atoms with E-state index in [1.54, 1.807) is 0 Å². The molecule has 0 radical (unpaired) electrons. The molecule has 0 bridgehead atoms. The Morgan fingerprint density at radius 1 is 1.05 bits per heavy atom. The molecular formula is C15H27Br2NO. The average molecular weight is 397 g/mol. The highest BCUT2D eigenvalue weighted by atomic mass is 79.9. The number of alkyl halides is 2. The van der Waals surface area contributed by atoms with Crippen molar-refractivity contribution in [1.82, 2.24) is 5.32 Å². The standard InChI is InChI=1S/C15H27Br2NO/c1-14(2,3)12-7-5-11(6-8-12)13(19)18-15(4,9-16)10-17/h11-12H,5-10H2,1-4H3,(H,18,19). The number of hydrogen-bond acceptors (Lipinski definition) is 1. The molecule has 1 N–H and O–H groups in total. The molecule has 0 spiro atoms. The van der Waals surface area contributed by atoms with Gasteiger partial charge in [0.25, 0.3) is 0 Å². The van der Waals surface area contributed by atoms with Crippen LogP contribution in [0.3, 0.4) is 0 Å². The van der Waals surface area contributed by atoms with Crippen LogP contribution in [-0.4, -0.2) is 22.1 Å². The van der Waals surface area contributed by atoms with Gasteiger partial charge >= 0.3 is 0 Å². The van der Waals surface area contributed by atoms with Crippen LogP contribution in [0.1, 0.15) is 53.4 Å². The highest BCUT2D eigenvalue weighted by Crippen LogP contribution is 2.39. The number of rotatable bonds is 4. The second-order valence-corrected chi connectivity index (χ2v) is 8.35. The monoisotopic (exact) mass is 395 g/mol. The smallest absolute Gasteiger partial charge is 0.223 e. The van der Waals surface area contributed by atoms with Gasteiger partial charge in [0.2, 0.25) is 5.91 Å². The molecule has 19 heavy (non-hydrogen) atoms. The lowest BCUT2D eigenvalue weighted by molar-refractivity contribution is -0.127. The quantitative estimate of drug-likeness (QED) is 0.696. The number of carbonyl (C=O) groups excluding carboxylic acids is 1. The lowest BCUT2D eigenvalue weighted by Gasteiger charge is -2.37. The Kier molecular flexibility index (Phi) is 6.37. The van der Waals surface area contributed by atoms with E-state index in [1.807, 2.05) is 0 Å². The first-order chi connectivity index (χ1) is 8.72. The van der Waals surface area contributed by atoms with Crippen LogP contribution in [0.15, 0.2) is 0 Å². The van der Waals surface area contributed by atoms with E-state index in [1.165, 1.54) is 12.8 Å². The van der Waals surface area contributed by atoms with Crippen molar-refractivity contribution in [1.29, 1.82) is 0 Å². The van der Waals surface area contributed by atoms with Crippen LogP contribution < -0.4 is 5.32 Å². The molecule has 0 heterocycles. The van der Waals surface area contributed by atoms with E-state index in [4.69, 9.17) is 0 Å². The maximum Gasteiger partial charge on any atom is 0.223 e. The molecule has 0 aliphatic heterocycles. The van der Waals surface area contributed by atoms with Crippen LogP contribution in [0, 0.1) is 17.3 Å². The molecule has 0 atom stereocenters. The van der Waals surface area contributed by atoms with Crippen molar-refractivity contribution < 1.29 is 4.79 Å². The lowest BCUT2D eigenvalue weighted by atomic mass is 9.69. The normalized spacial score (nSPS) is 25.2. The van der Waals surface area contributed by atoms with Crippen molar-refractivity contribution in [2.24, 2.45) is 17.3 Å².